The molecular formula is C19H38N2O3S. The van der Waals surface area contributed by atoms with Crippen molar-refractivity contribution in [3.8, 4) is 0 Å². The highest BCUT2D eigenvalue weighted by Gasteiger charge is 2.27. The molecule has 0 spiro atoms. The first kappa shape index (κ1) is 21.1. The van der Waals surface area contributed by atoms with Gasteiger partial charge in [-0.15, -0.1) is 0 Å². The molecule has 1 saturated heterocycles. The van der Waals surface area contributed by atoms with E-state index in [0.29, 0.717) is 6.10 Å². The fourth-order valence-electron chi connectivity index (χ4n) is 3.91. The number of ether oxygens (including phenoxy) is 1. The molecule has 25 heavy (non-hydrogen) atoms. The van der Waals surface area contributed by atoms with Crippen LogP contribution in [-0.2, 0) is 14.8 Å². The first-order valence-corrected chi connectivity index (χ1v) is 11.7. The molecule has 0 unspecified atom stereocenters. The number of piperidine rings is 1. The molecule has 0 amide bonds. The van der Waals surface area contributed by atoms with Crippen LogP contribution in [0.25, 0.3) is 0 Å². The summed E-state index contributed by atoms with van der Waals surface area (Å²) in [5.74, 6) is 1.70. The maximum Gasteiger partial charge on any atom is 0.214 e. The molecule has 0 radical (unpaired) electrons. The van der Waals surface area contributed by atoms with Gasteiger partial charge in [-0.3, -0.25) is 0 Å². The van der Waals surface area contributed by atoms with Gasteiger partial charge in [0.1, 0.15) is 0 Å². The Hall–Kier alpha value is -0.170. The molecule has 1 N–H and O–H groups in total. The smallest absolute Gasteiger partial charge is 0.214 e. The van der Waals surface area contributed by atoms with E-state index in [-0.39, 0.29) is 11.3 Å². The summed E-state index contributed by atoms with van der Waals surface area (Å²) in [6.07, 6.45) is 6.62. The van der Waals surface area contributed by atoms with E-state index in [0.717, 1.165) is 50.7 Å². The standard InChI is InChI=1S/C19H38N2O3S/c1-15(2)17-9-11-21(12-10-17)13-14-24-19-7-5-18(6-8-19)20-25(22,23)16(3)4/h15-20H,5-14H2,1-4H3. The number of hydrogen-bond donors (Lipinski definition) is 1. The van der Waals surface area contributed by atoms with E-state index in [2.05, 4.69) is 23.5 Å². The van der Waals surface area contributed by atoms with Crippen LogP contribution in [0.2, 0.25) is 0 Å². The number of likely N-dealkylation sites (tertiary alicyclic amines) is 1. The average molecular weight is 375 g/mol. The SMILES string of the molecule is CC(C)C1CCN(CCOC2CCC(NS(=O)(=O)C(C)C)CC2)CC1. The molecule has 0 atom stereocenters. The minimum Gasteiger partial charge on any atom is -0.377 e. The predicted octanol–water partition coefficient (Wildman–Crippen LogP) is 3.01. The molecule has 1 heterocycles. The van der Waals surface area contributed by atoms with Crippen molar-refractivity contribution in [3.63, 3.8) is 0 Å². The van der Waals surface area contributed by atoms with Crippen molar-refractivity contribution >= 4 is 10.0 Å². The highest BCUT2D eigenvalue weighted by Crippen LogP contribution is 2.25. The number of hydrogen-bond acceptors (Lipinski definition) is 4. The van der Waals surface area contributed by atoms with Crippen LogP contribution in [0.5, 0.6) is 0 Å². The van der Waals surface area contributed by atoms with Crippen LogP contribution in [0.15, 0.2) is 0 Å². The van der Waals surface area contributed by atoms with Gasteiger partial charge >= 0.3 is 0 Å². The molecular weight excluding hydrogens is 336 g/mol. The molecule has 0 aromatic carbocycles. The van der Waals surface area contributed by atoms with Crippen molar-refractivity contribution < 1.29 is 13.2 Å². The lowest BCUT2D eigenvalue weighted by atomic mass is 9.87. The zero-order valence-corrected chi connectivity index (χ0v) is 17.4. The maximum atomic E-state index is 11.9. The second-order valence-electron chi connectivity index (χ2n) is 8.48. The highest BCUT2D eigenvalue weighted by molar-refractivity contribution is 7.90. The maximum absolute atomic E-state index is 11.9. The molecule has 2 aliphatic rings. The summed E-state index contributed by atoms with van der Waals surface area (Å²) < 4.78 is 32.8. The van der Waals surface area contributed by atoms with E-state index in [1.807, 2.05) is 0 Å². The fourth-order valence-corrected chi connectivity index (χ4v) is 4.88. The molecule has 1 aliphatic heterocycles. The van der Waals surface area contributed by atoms with E-state index in [9.17, 15) is 8.42 Å². The van der Waals surface area contributed by atoms with E-state index in [1.165, 1.54) is 25.9 Å². The number of rotatable bonds is 8. The van der Waals surface area contributed by atoms with Gasteiger partial charge in [0, 0.05) is 12.6 Å². The minimum absolute atomic E-state index is 0.0855. The summed E-state index contributed by atoms with van der Waals surface area (Å²) >= 11 is 0. The number of sulfonamides is 1. The van der Waals surface area contributed by atoms with Crippen molar-refractivity contribution in [1.29, 1.82) is 0 Å². The Morgan fingerprint density at radius 2 is 1.60 bits per heavy atom. The van der Waals surface area contributed by atoms with Crippen LogP contribution in [-0.4, -0.2) is 57.0 Å². The summed E-state index contributed by atoms with van der Waals surface area (Å²) in [7, 11) is -3.16. The van der Waals surface area contributed by atoms with Crippen molar-refractivity contribution in [2.75, 3.05) is 26.2 Å². The number of nitrogens with zero attached hydrogens (tertiary/aromatic N) is 1. The van der Waals surface area contributed by atoms with Crippen LogP contribution in [0.4, 0.5) is 0 Å². The lowest BCUT2D eigenvalue weighted by Gasteiger charge is -2.34. The molecule has 148 valence electrons. The van der Waals surface area contributed by atoms with Crippen LogP contribution in [0.1, 0.15) is 66.2 Å². The van der Waals surface area contributed by atoms with Crippen molar-refractivity contribution in [2.45, 2.75) is 83.6 Å². The number of nitrogens with one attached hydrogen (secondary N) is 1. The van der Waals surface area contributed by atoms with E-state index >= 15 is 0 Å². The van der Waals surface area contributed by atoms with Crippen molar-refractivity contribution in [1.82, 2.24) is 9.62 Å². The summed E-state index contributed by atoms with van der Waals surface area (Å²) in [6, 6.07) is 0.0855. The monoisotopic (exact) mass is 374 g/mol. The molecule has 2 rings (SSSR count). The quantitative estimate of drug-likeness (QED) is 0.709. The van der Waals surface area contributed by atoms with Gasteiger partial charge in [0.2, 0.25) is 10.0 Å². The van der Waals surface area contributed by atoms with Gasteiger partial charge in [-0.25, -0.2) is 13.1 Å². The van der Waals surface area contributed by atoms with Gasteiger partial charge in [0.25, 0.3) is 0 Å². The Balaban J connectivity index is 1.59. The third-order valence-corrected chi connectivity index (χ3v) is 7.86. The zero-order chi connectivity index (χ0) is 18.4. The van der Waals surface area contributed by atoms with Gasteiger partial charge in [-0.2, -0.15) is 0 Å². The summed E-state index contributed by atoms with van der Waals surface area (Å²) in [5, 5.41) is -0.360. The Morgan fingerprint density at radius 3 is 2.12 bits per heavy atom. The van der Waals surface area contributed by atoms with Crippen molar-refractivity contribution in [2.24, 2.45) is 11.8 Å². The van der Waals surface area contributed by atoms with E-state index in [4.69, 9.17) is 4.74 Å². The lowest BCUT2D eigenvalue weighted by molar-refractivity contribution is 0.00738. The van der Waals surface area contributed by atoms with Gasteiger partial charge in [-0.1, -0.05) is 13.8 Å². The minimum atomic E-state index is -3.16. The lowest BCUT2D eigenvalue weighted by Crippen LogP contribution is -2.42. The average Bonchev–Trinajstić information content (AvgIpc) is 2.56. The summed E-state index contributed by atoms with van der Waals surface area (Å²) in [4.78, 5) is 2.53. The summed E-state index contributed by atoms with van der Waals surface area (Å²) in [5.41, 5.74) is 0. The molecule has 0 bridgehead atoms. The first-order chi connectivity index (χ1) is 11.8. The Labute approximate surface area is 154 Å². The molecule has 6 heteroatoms. The van der Waals surface area contributed by atoms with Crippen molar-refractivity contribution in [3.05, 3.63) is 0 Å². The topological polar surface area (TPSA) is 58.6 Å². The van der Waals surface area contributed by atoms with E-state index in [1.54, 1.807) is 13.8 Å². The molecule has 0 aromatic heterocycles. The van der Waals surface area contributed by atoms with Crippen LogP contribution >= 0.6 is 0 Å². The summed E-state index contributed by atoms with van der Waals surface area (Å²) in [6.45, 7) is 12.4. The third-order valence-electron chi connectivity index (χ3n) is 5.96. The molecule has 0 aromatic rings. The molecule has 2 fully saturated rings. The fraction of sp³-hybridized carbons (Fsp3) is 1.00. The second-order valence-corrected chi connectivity index (χ2v) is 10.7. The van der Waals surface area contributed by atoms with Crippen LogP contribution in [0.3, 0.4) is 0 Å². The normalized spacial score (nSPS) is 27.3. The van der Waals surface area contributed by atoms with E-state index < -0.39 is 10.0 Å². The first-order valence-electron chi connectivity index (χ1n) is 10.1. The second kappa shape index (κ2) is 9.67. The van der Waals surface area contributed by atoms with Crippen LogP contribution in [0, 0.1) is 11.8 Å². The highest BCUT2D eigenvalue weighted by atomic mass is 32.2. The molecule has 1 aliphatic carbocycles. The van der Waals surface area contributed by atoms with Gasteiger partial charge in [-0.05, 0) is 77.3 Å². The Kier molecular flexibility index (Phi) is 8.18. The molecule has 5 nitrogen and oxygen atoms in total. The molecule has 1 saturated carbocycles. The zero-order valence-electron chi connectivity index (χ0n) is 16.5. The van der Waals surface area contributed by atoms with Crippen LogP contribution < -0.4 is 4.72 Å². The largest absolute Gasteiger partial charge is 0.377 e. The Morgan fingerprint density at radius 1 is 1.00 bits per heavy atom. The van der Waals surface area contributed by atoms with Gasteiger partial charge in [0.15, 0.2) is 0 Å². The van der Waals surface area contributed by atoms with Gasteiger partial charge in [0.05, 0.1) is 18.0 Å². The third kappa shape index (κ3) is 6.81. The predicted molar refractivity (Wildman–Crippen MR) is 103 cm³/mol. The van der Waals surface area contributed by atoms with Gasteiger partial charge < -0.3 is 9.64 Å². The Bertz CT molecular complexity index is 477.